The Bertz CT molecular complexity index is 586. The molecule has 20 heavy (non-hydrogen) atoms. The fourth-order valence-corrected chi connectivity index (χ4v) is 2.44. The van der Waals surface area contributed by atoms with Gasteiger partial charge in [0.2, 0.25) is 5.95 Å². The third kappa shape index (κ3) is 2.91. The van der Waals surface area contributed by atoms with Gasteiger partial charge in [0.15, 0.2) is 5.82 Å². The molecule has 6 heteroatoms. The van der Waals surface area contributed by atoms with Crippen molar-refractivity contribution in [3.05, 3.63) is 35.5 Å². The summed E-state index contributed by atoms with van der Waals surface area (Å²) in [7, 11) is 0. The lowest BCUT2D eigenvalue weighted by Crippen LogP contribution is -2.15. The number of hydrogen-bond acceptors (Lipinski definition) is 6. The van der Waals surface area contributed by atoms with Gasteiger partial charge in [-0.2, -0.15) is 0 Å². The molecule has 0 spiro atoms. The molecule has 0 aromatic carbocycles. The summed E-state index contributed by atoms with van der Waals surface area (Å²) in [6.07, 6.45) is 5.80. The third-order valence-corrected chi connectivity index (χ3v) is 3.29. The van der Waals surface area contributed by atoms with E-state index >= 15 is 0 Å². The van der Waals surface area contributed by atoms with Gasteiger partial charge in [-0.05, 0) is 39.3 Å². The van der Waals surface area contributed by atoms with Crippen LogP contribution in [0.5, 0.6) is 0 Å². The summed E-state index contributed by atoms with van der Waals surface area (Å²) in [6.45, 7) is 4.94. The molecule has 0 radical (unpaired) electrons. The van der Waals surface area contributed by atoms with E-state index < -0.39 is 0 Å². The SMILES string of the molecule is Cc1cc(C)nc(Nc2cncc([C@H]3CCCN3)n2)n1. The maximum atomic E-state index is 4.59. The lowest BCUT2D eigenvalue weighted by atomic mass is 10.2. The van der Waals surface area contributed by atoms with E-state index in [1.54, 1.807) is 6.20 Å². The molecule has 3 heterocycles. The van der Waals surface area contributed by atoms with Gasteiger partial charge in [0.1, 0.15) is 0 Å². The number of aromatic nitrogens is 4. The molecule has 2 aromatic rings. The summed E-state index contributed by atoms with van der Waals surface area (Å²) < 4.78 is 0. The number of hydrogen-bond donors (Lipinski definition) is 2. The van der Waals surface area contributed by atoms with E-state index in [0.717, 1.165) is 30.0 Å². The average Bonchev–Trinajstić information content (AvgIpc) is 2.91. The zero-order valence-corrected chi connectivity index (χ0v) is 11.7. The summed E-state index contributed by atoms with van der Waals surface area (Å²) in [5.74, 6) is 1.24. The topological polar surface area (TPSA) is 75.6 Å². The number of nitrogens with zero attached hydrogens (tertiary/aromatic N) is 4. The van der Waals surface area contributed by atoms with Gasteiger partial charge in [-0.15, -0.1) is 0 Å². The van der Waals surface area contributed by atoms with Crippen LogP contribution in [-0.4, -0.2) is 26.5 Å². The van der Waals surface area contributed by atoms with Crippen molar-refractivity contribution in [2.24, 2.45) is 0 Å². The Morgan fingerprint density at radius 3 is 2.65 bits per heavy atom. The summed E-state index contributed by atoms with van der Waals surface area (Å²) in [5.41, 5.74) is 2.83. The molecule has 0 unspecified atom stereocenters. The molecule has 0 aliphatic carbocycles. The molecule has 1 fully saturated rings. The van der Waals surface area contributed by atoms with E-state index in [9.17, 15) is 0 Å². The van der Waals surface area contributed by atoms with Crippen LogP contribution in [0, 0.1) is 13.8 Å². The van der Waals surface area contributed by atoms with Gasteiger partial charge in [-0.25, -0.2) is 15.0 Å². The average molecular weight is 270 g/mol. The highest BCUT2D eigenvalue weighted by atomic mass is 15.2. The first-order chi connectivity index (χ1) is 9.70. The van der Waals surface area contributed by atoms with Gasteiger partial charge in [0, 0.05) is 11.4 Å². The van der Waals surface area contributed by atoms with Gasteiger partial charge >= 0.3 is 0 Å². The van der Waals surface area contributed by atoms with E-state index in [0.29, 0.717) is 17.8 Å². The molecule has 0 bridgehead atoms. The molecule has 2 N–H and O–H groups in total. The predicted octanol–water partition coefficient (Wildman–Crippen LogP) is 2.05. The van der Waals surface area contributed by atoms with Crippen LogP contribution in [0.3, 0.4) is 0 Å². The van der Waals surface area contributed by atoms with Crippen molar-refractivity contribution in [2.75, 3.05) is 11.9 Å². The molecule has 1 saturated heterocycles. The van der Waals surface area contributed by atoms with Crippen molar-refractivity contribution in [3.8, 4) is 0 Å². The zero-order chi connectivity index (χ0) is 13.9. The second-order valence-electron chi connectivity index (χ2n) is 5.08. The first-order valence-corrected chi connectivity index (χ1v) is 6.85. The molecule has 0 saturated carbocycles. The summed E-state index contributed by atoms with van der Waals surface area (Å²) >= 11 is 0. The number of aryl methyl sites for hydroxylation is 2. The normalized spacial score (nSPS) is 18.2. The Morgan fingerprint density at radius 2 is 1.95 bits per heavy atom. The molecule has 2 aromatic heterocycles. The van der Waals surface area contributed by atoms with E-state index in [2.05, 4.69) is 30.6 Å². The van der Waals surface area contributed by atoms with Crippen LogP contribution >= 0.6 is 0 Å². The highest BCUT2D eigenvalue weighted by molar-refractivity contribution is 5.46. The standard InChI is InChI=1S/C14H18N6/c1-9-6-10(2)18-14(17-9)20-13-8-15-7-12(19-13)11-4-3-5-16-11/h6-8,11,16H,3-5H2,1-2H3,(H,17,18,19,20)/t11-/m1/s1. The Morgan fingerprint density at radius 1 is 1.15 bits per heavy atom. The van der Waals surface area contributed by atoms with E-state index in [4.69, 9.17) is 0 Å². The van der Waals surface area contributed by atoms with Crippen LogP contribution in [0.1, 0.15) is 36.0 Å². The van der Waals surface area contributed by atoms with Gasteiger partial charge in [-0.3, -0.25) is 4.98 Å². The fourth-order valence-electron chi connectivity index (χ4n) is 2.44. The Hall–Kier alpha value is -2.08. The number of rotatable bonds is 3. The van der Waals surface area contributed by atoms with E-state index in [-0.39, 0.29) is 0 Å². The number of anilines is 2. The Labute approximate surface area is 118 Å². The highest BCUT2D eigenvalue weighted by Gasteiger charge is 2.18. The fraction of sp³-hybridized carbons (Fsp3) is 0.429. The largest absolute Gasteiger partial charge is 0.309 e. The van der Waals surface area contributed by atoms with Crippen molar-refractivity contribution in [3.63, 3.8) is 0 Å². The number of nitrogens with one attached hydrogen (secondary N) is 2. The van der Waals surface area contributed by atoms with E-state index in [1.165, 1.54) is 6.42 Å². The van der Waals surface area contributed by atoms with Gasteiger partial charge in [0.05, 0.1) is 24.1 Å². The van der Waals surface area contributed by atoms with Crippen molar-refractivity contribution >= 4 is 11.8 Å². The summed E-state index contributed by atoms with van der Waals surface area (Å²) in [6, 6.07) is 2.25. The van der Waals surface area contributed by atoms with Crippen molar-refractivity contribution in [1.82, 2.24) is 25.3 Å². The smallest absolute Gasteiger partial charge is 0.228 e. The van der Waals surface area contributed by atoms with Crippen LogP contribution in [0.25, 0.3) is 0 Å². The molecule has 6 nitrogen and oxygen atoms in total. The summed E-state index contributed by atoms with van der Waals surface area (Å²) in [5, 5.41) is 6.55. The second kappa shape index (κ2) is 5.50. The minimum atomic E-state index is 0.310. The van der Waals surface area contributed by atoms with Gasteiger partial charge in [0.25, 0.3) is 0 Å². The van der Waals surface area contributed by atoms with Gasteiger partial charge < -0.3 is 10.6 Å². The van der Waals surface area contributed by atoms with Crippen molar-refractivity contribution < 1.29 is 0 Å². The minimum absolute atomic E-state index is 0.310. The summed E-state index contributed by atoms with van der Waals surface area (Å²) in [4.78, 5) is 17.5. The first-order valence-electron chi connectivity index (χ1n) is 6.85. The highest BCUT2D eigenvalue weighted by Crippen LogP contribution is 2.22. The van der Waals surface area contributed by atoms with E-state index in [1.807, 2.05) is 26.1 Å². The quantitative estimate of drug-likeness (QED) is 0.889. The zero-order valence-electron chi connectivity index (χ0n) is 11.7. The van der Waals surface area contributed by atoms with Crippen molar-refractivity contribution in [2.45, 2.75) is 32.7 Å². The molecule has 1 atom stereocenters. The lowest BCUT2D eigenvalue weighted by molar-refractivity contribution is 0.625. The Balaban J connectivity index is 1.81. The molecule has 104 valence electrons. The van der Waals surface area contributed by atoms with Crippen LogP contribution in [0.15, 0.2) is 18.5 Å². The van der Waals surface area contributed by atoms with Crippen molar-refractivity contribution in [1.29, 1.82) is 0 Å². The third-order valence-electron chi connectivity index (χ3n) is 3.29. The molecule has 0 amide bonds. The molecular formula is C14H18N6. The monoisotopic (exact) mass is 270 g/mol. The maximum Gasteiger partial charge on any atom is 0.228 e. The Kier molecular flexibility index (Phi) is 3.56. The first kappa shape index (κ1) is 12.9. The minimum Gasteiger partial charge on any atom is -0.309 e. The maximum absolute atomic E-state index is 4.59. The second-order valence-corrected chi connectivity index (χ2v) is 5.08. The van der Waals surface area contributed by atoms with Gasteiger partial charge in [-0.1, -0.05) is 0 Å². The lowest BCUT2D eigenvalue weighted by Gasteiger charge is -2.11. The van der Waals surface area contributed by atoms with Crippen LogP contribution in [0.2, 0.25) is 0 Å². The molecule has 3 rings (SSSR count). The molecule has 1 aliphatic heterocycles. The van der Waals surface area contributed by atoms with Crippen LogP contribution in [-0.2, 0) is 0 Å². The van der Waals surface area contributed by atoms with Crippen LogP contribution in [0.4, 0.5) is 11.8 Å². The predicted molar refractivity (Wildman–Crippen MR) is 76.8 cm³/mol. The van der Waals surface area contributed by atoms with Crippen LogP contribution < -0.4 is 10.6 Å². The molecular weight excluding hydrogens is 252 g/mol. The molecule has 1 aliphatic rings.